The lowest BCUT2D eigenvalue weighted by atomic mass is 10.0. The maximum atomic E-state index is 11.4. The fourth-order valence-electron chi connectivity index (χ4n) is 3.41. The van der Waals surface area contributed by atoms with Crippen LogP contribution in [0.4, 0.5) is 0 Å². The van der Waals surface area contributed by atoms with E-state index >= 15 is 0 Å². The molecule has 5 heteroatoms. The average molecular weight is 366 g/mol. The molecular formula is C23H18N4O. The Morgan fingerprint density at radius 2 is 1.79 bits per heavy atom. The third kappa shape index (κ3) is 3.49. The van der Waals surface area contributed by atoms with Crippen molar-refractivity contribution in [2.24, 2.45) is 5.10 Å². The molecule has 0 spiro atoms. The normalized spacial score (nSPS) is 11.1. The number of hydrazone groups is 1. The van der Waals surface area contributed by atoms with Crippen molar-refractivity contribution in [2.45, 2.75) is 13.0 Å². The van der Waals surface area contributed by atoms with Gasteiger partial charge in [0.15, 0.2) is 0 Å². The van der Waals surface area contributed by atoms with Crippen molar-refractivity contribution in [1.82, 2.24) is 9.99 Å². The molecule has 5 nitrogen and oxygen atoms in total. The molecule has 0 radical (unpaired) electrons. The number of aromatic nitrogens is 1. The van der Waals surface area contributed by atoms with Gasteiger partial charge >= 0.3 is 0 Å². The number of nitrogens with one attached hydrogen (secondary N) is 1. The van der Waals surface area contributed by atoms with Gasteiger partial charge in [-0.2, -0.15) is 10.4 Å². The second-order valence-corrected chi connectivity index (χ2v) is 6.50. The Morgan fingerprint density at radius 3 is 2.64 bits per heavy atom. The molecule has 0 bridgehead atoms. The number of nitriles is 1. The molecule has 0 atom stereocenters. The molecule has 0 saturated carbocycles. The number of hydrogen-bond acceptors (Lipinski definition) is 3. The number of carbonyl (C=O) groups is 1. The average Bonchev–Trinajstić information content (AvgIpc) is 3.06. The fourth-order valence-corrected chi connectivity index (χ4v) is 3.41. The minimum atomic E-state index is -0.418. The zero-order valence-electron chi connectivity index (χ0n) is 15.2. The summed E-state index contributed by atoms with van der Waals surface area (Å²) in [4.78, 5) is 11.4. The van der Waals surface area contributed by atoms with Crippen LogP contribution in [0.3, 0.4) is 0 Å². The summed E-state index contributed by atoms with van der Waals surface area (Å²) < 4.78 is 2.19. The molecule has 0 aliphatic carbocycles. The van der Waals surface area contributed by atoms with Crippen molar-refractivity contribution >= 4 is 33.8 Å². The highest BCUT2D eigenvalue weighted by molar-refractivity contribution is 6.00. The Bertz CT molecular complexity index is 1230. The number of benzene rings is 3. The molecule has 1 aromatic heterocycles. The summed E-state index contributed by atoms with van der Waals surface area (Å²) in [6.07, 6.45) is 3.45. The van der Waals surface area contributed by atoms with E-state index in [2.05, 4.69) is 57.6 Å². The molecule has 0 aliphatic rings. The second kappa shape index (κ2) is 7.77. The van der Waals surface area contributed by atoms with Crippen LogP contribution in [0.1, 0.15) is 17.5 Å². The van der Waals surface area contributed by atoms with Crippen LogP contribution in [-0.4, -0.2) is 16.7 Å². The number of rotatable bonds is 5. The Morgan fingerprint density at radius 1 is 1.04 bits per heavy atom. The Labute approximate surface area is 162 Å². The van der Waals surface area contributed by atoms with Gasteiger partial charge in [0.2, 0.25) is 0 Å². The second-order valence-electron chi connectivity index (χ2n) is 6.50. The van der Waals surface area contributed by atoms with E-state index in [1.807, 2.05) is 30.5 Å². The van der Waals surface area contributed by atoms with Gasteiger partial charge in [-0.25, -0.2) is 5.43 Å². The van der Waals surface area contributed by atoms with E-state index in [1.54, 1.807) is 12.3 Å². The molecular weight excluding hydrogens is 348 g/mol. The molecule has 4 rings (SSSR count). The van der Waals surface area contributed by atoms with Gasteiger partial charge in [0, 0.05) is 29.2 Å². The molecule has 1 N–H and O–H groups in total. The van der Waals surface area contributed by atoms with Gasteiger partial charge in [-0.3, -0.25) is 4.79 Å². The predicted octanol–water partition coefficient (Wildman–Crippen LogP) is 4.21. The quantitative estimate of drug-likeness (QED) is 0.425. The van der Waals surface area contributed by atoms with Crippen molar-refractivity contribution in [3.05, 3.63) is 84.1 Å². The topological polar surface area (TPSA) is 70.2 Å². The Balaban J connectivity index is 1.69. The van der Waals surface area contributed by atoms with E-state index in [9.17, 15) is 4.79 Å². The van der Waals surface area contributed by atoms with Crippen LogP contribution in [0.25, 0.3) is 21.7 Å². The summed E-state index contributed by atoms with van der Waals surface area (Å²) in [6.45, 7) is 0.733. The number of para-hydroxylation sites is 1. The highest BCUT2D eigenvalue weighted by Gasteiger charge is 2.09. The number of fused-ring (bicyclic) bond motifs is 2. The van der Waals surface area contributed by atoms with E-state index in [1.165, 1.54) is 16.3 Å². The minimum absolute atomic E-state index is 0.208. The first-order valence-electron chi connectivity index (χ1n) is 8.99. The van der Waals surface area contributed by atoms with Crippen molar-refractivity contribution < 1.29 is 4.79 Å². The largest absolute Gasteiger partial charge is 0.342 e. The molecule has 136 valence electrons. The van der Waals surface area contributed by atoms with Crippen molar-refractivity contribution in [1.29, 1.82) is 5.26 Å². The lowest BCUT2D eigenvalue weighted by Crippen LogP contribution is -2.16. The Kier molecular flexibility index (Phi) is 4.85. The van der Waals surface area contributed by atoms with E-state index < -0.39 is 5.91 Å². The molecule has 3 aromatic carbocycles. The van der Waals surface area contributed by atoms with Gasteiger partial charge in [0.25, 0.3) is 5.91 Å². The van der Waals surface area contributed by atoms with E-state index in [4.69, 9.17) is 5.26 Å². The first-order valence-corrected chi connectivity index (χ1v) is 8.99. The molecule has 4 aromatic rings. The van der Waals surface area contributed by atoms with Crippen molar-refractivity contribution in [2.75, 3.05) is 0 Å². The van der Waals surface area contributed by atoms with Crippen LogP contribution in [-0.2, 0) is 11.3 Å². The summed E-state index contributed by atoms with van der Waals surface area (Å²) >= 11 is 0. The summed E-state index contributed by atoms with van der Waals surface area (Å²) in [5.41, 5.74) is 5.63. The molecule has 0 fully saturated rings. The predicted molar refractivity (Wildman–Crippen MR) is 111 cm³/mol. The van der Waals surface area contributed by atoms with Crippen LogP contribution >= 0.6 is 0 Å². The third-order valence-electron chi connectivity index (χ3n) is 4.67. The van der Waals surface area contributed by atoms with Gasteiger partial charge in [-0.05, 0) is 22.4 Å². The molecule has 0 aliphatic heterocycles. The molecule has 1 amide bonds. The summed E-state index contributed by atoms with van der Waals surface area (Å²) in [6, 6.07) is 24.6. The number of nitrogens with zero attached hydrogens (tertiary/aromatic N) is 3. The van der Waals surface area contributed by atoms with Crippen LogP contribution < -0.4 is 5.43 Å². The lowest BCUT2D eigenvalue weighted by Gasteiger charge is -2.09. The van der Waals surface area contributed by atoms with Gasteiger partial charge < -0.3 is 4.57 Å². The van der Waals surface area contributed by atoms with Crippen LogP contribution in [0.2, 0.25) is 0 Å². The van der Waals surface area contributed by atoms with E-state index in [0.717, 1.165) is 23.0 Å². The highest BCUT2D eigenvalue weighted by atomic mass is 16.2. The SMILES string of the molecule is N#CCC(=O)N/N=C\c1cn(Cc2cccc3ccccc23)c2ccccc12. The first kappa shape index (κ1) is 17.5. The van der Waals surface area contributed by atoms with Crippen LogP contribution in [0.5, 0.6) is 0 Å². The van der Waals surface area contributed by atoms with Gasteiger partial charge in [0.1, 0.15) is 6.42 Å². The zero-order valence-corrected chi connectivity index (χ0v) is 15.2. The lowest BCUT2D eigenvalue weighted by molar-refractivity contribution is -0.120. The summed E-state index contributed by atoms with van der Waals surface area (Å²) in [5.74, 6) is -0.418. The molecule has 0 saturated heterocycles. The third-order valence-corrected chi connectivity index (χ3v) is 4.67. The van der Waals surface area contributed by atoms with Crippen LogP contribution in [0.15, 0.2) is 78.0 Å². The molecule has 0 unspecified atom stereocenters. The minimum Gasteiger partial charge on any atom is -0.342 e. The first-order chi connectivity index (χ1) is 13.8. The standard InChI is InChI=1S/C23H18N4O/c24-13-12-23(28)26-25-14-19-16-27(22-11-4-3-10-21(19)22)15-18-8-5-7-17-6-1-2-9-20(17)18/h1-11,14,16H,12,15H2,(H,26,28)/b25-14-. The van der Waals surface area contributed by atoms with Gasteiger partial charge in [-0.15, -0.1) is 0 Å². The zero-order chi connectivity index (χ0) is 19.3. The molecule has 1 heterocycles. The van der Waals surface area contributed by atoms with Crippen LogP contribution in [0, 0.1) is 11.3 Å². The maximum Gasteiger partial charge on any atom is 0.254 e. The van der Waals surface area contributed by atoms with Crippen molar-refractivity contribution in [3.8, 4) is 6.07 Å². The van der Waals surface area contributed by atoms with Crippen molar-refractivity contribution in [3.63, 3.8) is 0 Å². The highest BCUT2D eigenvalue weighted by Crippen LogP contribution is 2.24. The van der Waals surface area contributed by atoms with Gasteiger partial charge in [-0.1, -0.05) is 60.7 Å². The molecule has 28 heavy (non-hydrogen) atoms. The monoisotopic (exact) mass is 366 g/mol. The number of carbonyl (C=O) groups excluding carboxylic acids is 1. The number of hydrogen-bond donors (Lipinski definition) is 1. The number of amides is 1. The van der Waals surface area contributed by atoms with E-state index in [0.29, 0.717) is 0 Å². The fraction of sp³-hybridized carbons (Fsp3) is 0.0870. The maximum absolute atomic E-state index is 11.4. The Hall–Kier alpha value is -3.91. The summed E-state index contributed by atoms with van der Waals surface area (Å²) in [7, 11) is 0. The van der Waals surface area contributed by atoms with E-state index in [-0.39, 0.29) is 6.42 Å². The smallest absolute Gasteiger partial charge is 0.254 e. The van der Waals surface area contributed by atoms with Gasteiger partial charge in [0.05, 0.1) is 12.3 Å². The summed E-state index contributed by atoms with van der Waals surface area (Å²) in [5, 5.41) is 16.1.